The van der Waals surface area contributed by atoms with E-state index in [0.29, 0.717) is 0 Å². The zero-order chi connectivity index (χ0) is 8.32. The van der Waals surface area contributed by atoms with E-state index in [1.54, 1.807) is 0 Å². The molecule has 0 radical (unpaired) electrons. The quantitative estimate of drug-likeness (QED) is 0.550. The summed E-state index contributed by atoms with van der Waals surface area (Å²) >= 11 is 0. The Morgan fingerprint density at radius 3 is 2.55 bits per heavy atom. The van der Waals surface area contributed by atoms with Crippen LogP contribution in [0.15, 0.2) is 0 Å². The zero-order valence-corrected chi connectivity index (χ0v) is 8.27. The molecule has 1 aliphatic heterocycles. The minimum absolute atomic E-state index is 1.03. The van der Waals surface area contributed by atoms with Gasteiger partial charge in [-0.2, -0.15) is 0 Å². The Kier molecular flexibility index (Phi) is 2.94. The SMILES string of the molecule is CCCCC1CC[N+](C)(C)C1. The van der Waals surface area contributed by atoms with Crippen molar-refractivity contribution >= 4 is 0 Å². The van der Waals surface area contributed by atoms with Crippen molar-refractivity contribution < 1.29 is 4.48 Å². The fourth-order valence-electron chi connectivity index (χ4n) is 2.14. The molecule has 66 valence electrons. The Balaban J connectivity index is 2.20. The number of unbranched alkanes of at least 4 members (excludes halogenated alkanes) is 1. The Bertz CT molecular complexity index is 118. The fraction of sp³-hybridized carbons (Fsp3) is 1.00. The Morgan fingerprint density at radius 2 is 2.09 bits per heavy atom. The van der Waals surface area contributed by atoms with Gasteiger partial charge in [-0.25, -0.2) is 0 Å². The van der Waals surface area contributed by atoms with Crippen LogP contribution in [0.1, 0.15) is 32.6 Å². The van der Waals surface area contributed by atoms with Crippen LogP contribution in [0.3, 0.4) is 0 Å². The molecule has 0 spiro atoms. The molecule has 0 saturated carbocycles. The van der Waals surface area contributed by atoms with Gasteiger partial charge in [0.25, 0.3) is 0 Å². The topological polar surface area (TPSA) is 0 Å². The van der Waals surface area contributed by atoms with Crippen LogP contribution in [0.4, 0.5) is 0 Å². The molecule has 0 bridgehead atoms. The van der Waals surface area contributed by atoms with Crippen molar-refractivity contribution in [2.75, 3.05) is 27.2 Å². The van der Waals surface area contributed by atoms with Gasteiger partial charge in [-0.1, -0.05) is 19.8 Å². The average molecular weight is 156 g/mol. The van der Waals surface area contributed by atoms with E-state index in [9.17, 15) is 0 Å². The van der Waals surface area contributed by atoms with E-state index in [1.807, 2.05) is 0 Å². The van der Waals surface area contributed by atoms with Crippen molar-refractivity contribution in [2.45, 2.75) is 32.6 Å². The molecule has 1 fully saturated rings. The highest BCUT2D eigenvalue weighted by molar-refractivity contribution is 4.64. The summed E-state index contributed by atoms with van der Waals surface area (Å²) in [4.78, 5) is 0. The van der Waals surface area contributed by atoms with Crippen LogP contribution in [0.25, 0.3) is 0 Å². The van der Waals surface area contributed by atoms with Crippen LogP contribution in [-0.2, 0) is 0 Å². The lowest BCUT2D eigenvalue weighted by atomic mass is 10.0. The summed E-state index contributed by atoms with van der Waals surface area (Å²) in [5.41, 5.74) is 0. The molecule has 0 amide bonds. The van der Waals surface area contributed by atoms with Gasteiger partial charge in [-0.3, -0.25) is 0 Å². The number of nitrogens with zero attached hydrogens (tertiary/aromatic N) is 1. The van der Waals surface area contributed by atoms with Gasteiger partial charge in [0.2, 0.25) is 0 Å². The van der Waals surface area contributed by atoms with E-state index in [2.05, 4.69) is 21.0 Å². The molecular formula is C10H22N+. The zero-order valence-electron chi connectivity index (χ0n) is 8.27. The molecule has 1 atom stereocenters. The molecule has 1 aliphatic rings. The largest absolute Gasteiger partial charge is 0.328 e. The monoisotopic (exact) mass is 156 g/mol. The average Bonchev–Trinajstić information content (AvgIpc) is 2.26. The summed E-state index contributed by atoms with van der Waals surface area (Å²) in [5, 5.41) is 0. The molecule has 1 nitrogen and oxygen atoms in total. The molecule has 0 aromatic rings. The van der Waals surface area contributed by atoms with Gasteiger partial charge in [0.15, 0.2) is 0 Å². The number of hydrogen-bond donors (Lipinski definition) is 0. The molecule has 1 unspecified atom stereocenters. The third-order valence-corrected chi connectivity index (χ3v) is 2.86. The van der Waals surface area contributed by atoms with E-state index in [0.717, 1.165) is 5.92 Å². The van der Waals surface area contributed by atoms with Crippen LogP contribution < -0.4 is 0 Å². The fourth-order valence-corrected chi connectivity index (χ4v) is 2.14. The van der Waals surface area contributed by atoms with Gasteiger partial charge < -0.3 is 4.48 Å². The predicted molar refractivity (Wildman–Crippen MR) is 49.5 cm³/mol. The first-order valence-corrected chi connectivity index (χ1v) is 4.96. The minimum atomic E-state index is 1.03. The molecule has 0 aromatic carbocycles. The van der Waals surface area contributed by atoms with Crippen molar-refractivity contribution in [2.24, 2.45) is 5.92 Å². The second-order valence-corrected chi connectivity index (χ2v) is 4.64. The highest BCUT2D eigenvalue weighted by atomic mass is 15.3. The molecule has 0 N–H and O–H groups in total. The maximum Gasteiger partial charge on any atom is 0.0813 e. The third kappa shape index (κ3) is 2.82. The second kappa shape index (κ2) is 3.57. The molecule has 0 aromatic heterocycles. The van der Waals surface area contributed by atoms with Gasteiger partial charge in [0.05, 0.1) is 27.2 Å². The summed E-state index contributed by atoms with van der Waals surface area (Å²) in [5.74, 6) is 1.03. The number of likely N-dealkylation sites (tertiary alicyclic amines) is 1. The number of rotatable bonds is 3. The summed E-state index contributed by atoms with van der Waals surface area (Å²) in [6, 6.07) is 0. The summed E-state index contributed by atoms with van der Waals surface area (Å²) < 4.78 is 1.26. The molecule has 1 heteroatoms. The standard InChI is InChI=1S/C10H22N/c1-4-5-6-10-7-8-11(2,3)9-10/h10H,4-9H2,1-3H3/q+1. The lowest BCUT2D eigenvalue weighted by molar-refractivity contribution is -0.879. The number of hydrogen-bond acceptors (Lipinski definition) is 0. The highest BCUT2D eigenvalue weighted by Gasteiger charge is 2.29. The van der Waals surface area contributed by atoms with Gasteiger partial charge in [-0.15, -0.1) is 0 Å². The lowest BCUT2D eigenvalue weighted by Gasteiger charge is -2.23. The molecule has 1 rings (SSSR count). The Morgan fingerprint density at radius 1 is 1.36 bits per heavy atom. The summed E-state index contributed by atoms with van der Waals surface area (Å²) in [7, 11) is 4.71. The first-order chi connectivity index (χ1) is 5.14. The Hall–Kier alpha value is -0.0400. The summed E-state index contributed by atoms with van der Waals surface area (Å²) in [6.45, 7) is 5.10. The minimum Gasteiger partial charge on any atom is -0.328 e. The first kappa shape index (κ1) is 9.05. The van der Waals surface area contributed by atoms with E-state index in [1.165, 1.54) is 43.3 Å². The van der Waals surface area contributed by atoms with Crippen molar-refractivity contribution in [3.63, 3.8) is 0 Å². The van der Waals surface area contributed by atoms with Gasteiger partial charge in [-0.05, 0) is 6.42 Å². The van der Waals surface area contributed by atoms with E-state index in [4.69, 9.17) is 0 Å². The first-order valence-electron chi connectivity index (χ1n) is 4.96. The normalized spacial score (nSPS) is 29.2. The van der Waals surface area contributed by atoms with Crippen LogP contribution in [0, 0.1) is 5.92 Å². The van der Waals surface area contributed by atoms with Crippen molar-refractivity contribution in [3.8, 4) is 0 Å². The van der Waals surface area contributed by atoms with Crippen LogP contribution in [-0.4, -0.2) is 31.7 Å². The maximum absolute atomic E-state index is 2.35. The molecule has 11 heavy (non-hydrogen) atoms. The lowest BCUT2D eigenvalue weighted by Crippen LogP contribution is -2.36. The van der Waals surface area contributed by atoms with E-state index < -0.39 is 0 Å². The van der Waals surface area contributed by atoms with Gasteiger partial charge in [0.1, 0.15) is 0 Å². The highest BCUT2D eigenvalue weighted by Crippen LogP contribution is 2.24. The third-order valence-electron chi connectivity index (χ3n) is 2.86. The van der Waals surface area contributed by atoms with Crippen LogP contribution in [0.2, 0.25) is 0 Å². The van der Waals surface area contributed by atoms with Crippen LogP contribution >= 0.6 is 0 Å². The smallest absolute Gasteiger partial charge is 0.0813 e. The van der Waals surface area contributed by atoms with Gasteiger partial charge in [0, 0.05) is 12.3 Å². The van der Waals surface area contributed by atoms with Gasteiger partial charge >= 0.3 is 0 Å². The summed E-state index contributed by atoms with van der Waals surface area (Å²) in [6.07, 6.45) is 5.74. The maximum atomic E-state index is 2.35. The van der Waals surface area contributed by atoms with E-state index >= 15 is 0 Å². The molecule has 1 saturated heterocycles. The van der Waals surface area contributed by atoms with Crippen LogP contribution in [0.5, 0.6) is 0 Å². The van der Waals surface area contributed by atoms with Crippen molar-refractivity contribution in [3.05, 3.63) is 0 Å². The Labute approximate surface area is 71.0 Å². The second-order valence-electron chi connectivity index (χ2n) is 4.64. The van der Waals surface area contributed by atoms with Crippen molar-refractivity contribution in [1.29, 1.82) is 0 Å². The van der Waals surface area contributed by atoms with Crippen molar-refractivity contribution in [1.82, 2.24) is 0 Å². The predicted octanol–water partition coefficient (Wildman–Crippen LogP) is 2.27. The molecule has 0 aliphatic carbocycles. The number of quaternary nitrogens is 1. The molecular weight excluding hydrogens is 134 g/mol. The molecule has 1 heterocycles. The van der Waals surface area contributed by atoms with E-state index in [-0.39, 0.29) is 0 Å².